The lowest BCUT2D eigenvalue weighted by Crippen LogP contribution is -2.25. The molecule has 0 spiro atoms. The minimum Gasteiger partial charge on any atom is -0.493 e. The van der Waals surface area contributed by atoms with Crippen molar-refractivity contribution in [1.82, 2.24) is 15.0 Å². The Labute approximate surface area is 202 Å². The van der Waals surface area contributed by atoms with Gasteiger partial charge in [0.15, 0.2) is 11.5 Å². The first-order valence-corrected chi connectivity index (χ1v) is 11.9. The fourth-order valence-corrected chi connectivity index (χ4v) is 4.98. The average Bonchev–Trinajstić information content (AvgIpc) is 3.34. The van der Waals surface area contributed by atoms with E-state index in [1.54, 1.807) is 38.9 Å². The van der Waals surface area contributed by atoms with Gasteiger partial charge in [-0.3, -0.25) is 5.32 Å². The molecule has 2 aromatic heterocycles. The fourth-order valence-electron chi connectivity index (χ4n) is 4.98. The predicted molar refractivity (Wildman–Crippen MR) is 128 cm³/mol. The number of carbonyl (C=O) groups excluding carboxylic acids is 1. The molecular weight excluding hydrogens is 450 g/mol. The van der Waals surface area contributed by atoms with Crippen molar-refractivity contribution in [3.05, 3.63) is 36.8 Å². The highest BCUT2D eigenvalue weighted by molar-refractivity contribution is 5.93. The van der Waals surface area contributed by atoms with E-state index < -0.39 is 6.09 Å². The van der Waals surface area contributed by atoms with Crippen LogP contribution in [-0.2, 0) is 4.74 Å². The number of ether oxygens (including phenoxy) is 4. The summed E-state index contributed by atoms with van der Waals surface area (Å²) in [5.74, 6) is 2.71. The Morgan fingerprint density at radius 3 is 2.43 bits per heavy atom. The van der Waals surface area contributed by atoms with Gasteiger partial charge in [-0.2, -0.15) is 0 Å². The fraction of sp³-hybridized carbons (Fsp3) is 0.440. The van der Waals surface area contributed by atoms with Crippen molar-refractivity contribution in [2.45, 2.75) is 56.4 Å². The number of hydrogen-bond donors (Lipinski definition) is 1. The number of carbonyl (C=O) groups is 1. The molecule has 0 radical (unpaired) electrons. The summed E-state index contributed by atoms with van der Waals surface area (Å²) in [5.41, 5.74) is 1.38. The summed E-state index contributed by atoms with van der Waals surface area (Å²) in [7, 11) is 3.22. The first kappa shape index (κ1) is 21.7. The van der Waals surface area contributed by atoms with E-state index >= 15 is 0 Å². The molecule has 3 aromatic rings. The number of methoxy groups -OCH3 is 2. The maximum atomic E-state index is 12.4. The van der Waals surface area contributed by atoms with Crippen LogP contribution >= 0.6 is 0 Å². The summed E-state index contributed by atoms with van der Waals surface area (Å²) in [6.45, 7) is 0. The molecule has 2 atom stereocenters. The van der Waals surface area contributed by atoms with Gasteiger partial charge in [-0.15, -0.1) is 0 Å². The second kappa shape index (κ2) is 8.75. The Bertz CT molecular complexity index is 1240. The zero-order valence-electron chi connectivity index (χ0n) is 19.6. The second-order valence-electron chi connectivity index (χ2n) is 9.14. The van der Waals surface area contributed by atoms with Gasteiger partial charge < -0.3 is 23.8 Å². The lowest BCUT2D eigenvalue weighted by molar-refractivity contribution is 0.110. The van der Waals surface area contributed by atoms with E-state index in [-0.39, 0.29) is 24.3 Å². The minimum atomic E-state index is -0.471. The Kier molecular flexibility index (Phi) is 5.43. The number of nitrogens with zero attached hydrogens (tertiary/aromatic N) is 4. The lowest BCUT2D eigenvalue weighted by atomic mass is 9.96. The van der Waals surface area contributed by atoms with Crippen LogP contribution < -0.4 is 24.4 Å². The lowest BCUT2D eigenvalue weighted by Gasteiger charge is -2.25. The third kappa shape index (κ3) is 4.13. The van der Waals surface area contributed by atoms with Crippen LogP contribution in [0.25, 0.3) is 10.9 Å². The van der Waals surface area contributed by atoms with Crippen LogP contribution in [0.15, 0.2) is 36.8 Å². The van der Waals surface area contributed by atoms with E-state index in [1.807, 2.05) is 12.1 Å². The van der Waals surface area contributed by atoms with Crippen molar-refractivity contribution in [3.63, 3.8) is 0 Å². The zero-order valence-corrected chi connectivity index (χ0v) is 19.6. The quantitative estimate of drug-likeness (QED) is 0.506. The number of pyridine rings is 1. The molecule has 3 fully saturated rings. The van der Waals surface area contributed by atoms with E-state index in [1.165, 1.54) is 6.42 Å². The van der Waals surface area contributed by atoms with Gasteiger partial charge in [0.2, 0.25) is 5.88 Å². The Morgan fingerprint density at radius 2 is 1.77 bits per heavy atom. The average molecular weight is 478 g/mol. The molecule has 1 saturated heterocycles. The van der Waals surface area contributed by atoms with Gasteiger partial charge in [-0.1, -0.05) is 0 Å². The Hall–Kier alpha value is -3.82. The molecule has 10 nitrogen and oxygen atoms in total. The second-order valence-corrected chi connectivity index (χ2v) is 9.14. The van der Waals surface area contributed by atoms with Gasteiger partial charge in [-0.05, 0) is 31.4 Å². The number of anilines is 2. The van der Waals surface area contributed by atoms with Crippen LogP contribution in [0, 0.1) is 0 Å². The van der Waals surface area contributed by atoms with Crippen LogP contribution in [0.4, 0.5) is 16.3 Å². The summed E-state index contributed by atoms with van der Waals surface area (Å²) in [6, 6.07) is 7.88. The highest BCUT2D eigenvalue weighted by Gasteiger charge is 2.56. The van der Waals surface area contributed by atoms with Crippen LogP contribution in [0.3, 0.4) is 0 Å². The SMILES string of the molecule is COc1cc2ncnc(N3C4CC(OC(=O)Nc5ccc(OC6CCC6)nc5)CC43)c2cc1OC. The number of amides is 1. The largest absolute Gasteiger partial charge is 0.493 e. The third-order valence-corrected chi connectivity index (χ3v) is 7.04. The molecule has 182 valence electrons. The summed E-state index contributed by atoms with van der Waals surface area (Å²) in [4.78, 5) is 27.9. The maximum Gasteiger partial charge on any atom is 0.411 e. The summed E-state index contributed by atoms with van der Waals surface area (Å²) >= 11 is 0. The van der Waals surface area contributed by atoms with Gasteiger partial charge in [0.25, 0.3) is 0 Å². The summed E-state index contributed by atoms with van der Waals surface area (Å²) in [6.07, 6.45) is 7.67. The van der Waals surface area contributed by atoms with E-state index in [9.17, 15) is 4.79 Å². The van der Waals surface area contributed by atoms with Crippen molar-refractivity contribution in [1.29, 1.82) is 0 Å². The first-order valence-electron chi connectivity index (χ1n) is 11.9. The normalized spacial score (nSPS) is 22.8. The molecule has 35 heavy (non-hydrogen) atoms. The number of rotatable bonds is 7. The van der Waals surface area contributed by atoms with Crippen LogP contribution in [0.5, 0.6) is 17.4 Å². The molecule has 6 rings (SSSR count). The first-order chi connectivity index (χ1) is 17.1. The van der Waals surface area contributed by atoms with Gasteiger partial charge >= 0.3 is 6.09 Å². The predicted octanol–water partition coefficient (Wildman–Crippen LogP) is 3.94. The van der Waals surface area contributed by atoms with E-state index in [0.717, 1.165) is 42.4 Å². The number of nitrogens with one attached hydrogen (secondary N) is 1. The number of hydrogen-bond acceptors (Lipinski definition) is 9. The number of piperidine rings is 1. The Morgan fingerprint density at radius 1 is 1.00 bits per heavy atom. The van der Waals surface area contributed by atoms with Crippen molar-refractivity contribution in [2.75, 3.05) is 24.4 Å². The molecular formula is C25H27N5O5. The van der Waals surface area contributed by atoms with Crippen LogP contribution in [-0.4, -0.2) is 59.6 Å². The summed E-state index contributed by atoms with van der Waals surface area (Å²) in [5, 5.41) is 3.67. The van der Waals surface area contributed by atoms with E-state index in [4.69, 9.17) is 18.9 Å². The van der Waals surface area contributed by atoms with Crippen molar-refractivity contribution in [3.8, 4) is 17.4 Å². The van der Waals surface area contributed by atoms with Gasteiger partial charge in [0.1, 0.15) is 24.4 Å². The van der Waals surface area contributed by atoms with Crippen LogP contribution in [0.2, 0.25) is 0 Å². The molecule has 3 heterocycles. The Balaban J connectivity index is 1.05. The molecule has 3 aliphatic rings. The van der Waals surface area contributed by atoms with Gasteiger partial charge in [0.05, 0.1) is 43.7 Å². The summed E-state index contributed by atoms with van der Waals surface area (Å²) < 4.78 is 22.3. The van der Waals surface area contributed by atoms with Crippen molar-refractivity contribution in [2.24, 2.45) is 0 Å². The molecule has 0 bridgehead atoms. The molecule has 2 unspecified atom stereocenters. The molecule has 2 saturated carbocycles. The topological polar surface area (TPSA) is 108 Å². The molecule has 2 aliphatic carbocycles. The molecule has 1 N–H and O–H groups in total. The van der Waals surface area contributed by atoms with Gasteiger partial charge in [0, 0.05) is 30.4 Å². The molecule has 1 aromatic carbocycles. The van der Waals surface area contributed by atoms with E-state index in [2.05, 4.69) is 25.2 Å². The molecule has 1 aliphatic heterocycles. The molecule has 1 amide bonds. The van der Waals surface area contributed by atoms with Crippen LogP contribution in [0.1, 0.15) is 32.1 Å². The maximum absolute atomic E-state index is 12.4. The highest BCUT2D eigenvalue weighted by Crippen LogP contribution is 2.48. The number of benzene rings is 1. The van der Waals surface area contributed by atoms with E-state index in [0.29, 0.717) is 23.1 Å². The third-order valence-electron chi connectivity index (χ3n) is 7.04. The smallest absolute Gasteiger partial charge is 0.411 e. The standard InChI is InChI=1S/C25H27N5O5/c1-32-21-10-17-18(11-22(21)33-2)27-13-28-24(17)30-19-8-16(9-20(19)30)35-25(31)29-14-6-7-23(26-12-14)34-15-4-3-5-15/h6-7,10-13,15-16,19-20H,3-5,8-9H2,1-2H3,(H,29,31). The van der Waals surface area contributed by atoms with Gasteiger partial charge in [-0.25, -0.2) is 19.7 Å². The zero-order chi connectivity index (χ0) is 23.9. The molecule has 10 heteroatoms. The minimum absolute atomic E-state index is 0.141. The number of aromatic nitrogens is 3. The van der Waals surface area contributed by atoms with Crippen molar-refractivity contribution >= 4 is 28.5 Å². The number of fused-ring (bicyclic) bond motifs is 2. The monoisotopic (exact) mass is 477 g/mol. The van der Waals surface area contributed by atoms with Crippen molar-refractivity contribution < 1.29 is 23.7 Å². The highest BCUT2D eigenvalue weighted by atomic mass is 16.6.